The third-order valence-electron chi connectivity index (χ3n) is 0. The molecule has 4 heavy (non-hydrogen) atoms. The zero-order valence-corrected chi connectivity index (χ0v) is 2.12. The summed E-state index contributed by atoms with van der Waals surface area (Å²) in [4.78, 5) is 0. The van der Waals surface area contributed by atoms with Crippen LogP contribution in [0.15, 0.2) is 0 Å². The maximum atomic E-state index is 4.00. The topological polar surface area (TPSA) is 9.23 Å². The van der Waals surface area contributed by atoms with Gasteiger partial charge in [-0.05, 0) is 0 Å². The van der Waals surface area contributed by atoms with E-state index < -0.39 is 0 Å². The number of ether oxygens (including phenoxy) is 1. The molecule has 0 aliphatic rings. The molecule has 0 N–H and O–H groups in total. The predicted molar refractivity (Wildman–Crippen MR) is 22.3 cm³/mol. The molecule has 0 aliphatic heterocycles. The summed E-state index contributed by atoms with van der Waals surface area (Å²) >= 11 is 0. The van der Waals surface area contributed by atoms with E-state index in [4.69, 9.17) is 0 Å². The van der Waals surface area contributed by atoms with E-state index in [0.717, 1.165) is 0 Å². The van der Waals surface area contributed by atoms with Gasteiger partial charge in [0.2, 0.25) is 0 Å². The summed E-state index contributed by atoms with van der Waals surface area (Å²) in [5, 5.41) is 0. The van der Waals surface area contributed by atoms with Crippen LogP contribution in [0.1, 0.15) is 0 Å². The molecule has 0 spiro atoms. The zero-order valence-electron chi connectivity index (χ0n) is 2.12. The predicted octanol–water partition coefficient (Wildman–Crippen LogP) is -0.760. The Bertz CT molecular complexity index is 6.00. The second kappa shape index (κ2) is 9.74. The first-order chi connectivity index (χ1) is 1.41. The summed E-state index contributed by atoms with van der Waals surface area (Å²) < 4.78 is 4.00. The van der Waals surface area contributed by atoms with E-state index in [0.29, 0.717) is 0 Å². The first-order valence-corrected chi connectivity index (χ1v) is 0.697. The van der Waals surface area contributed by atoms with Crippen molar-refractivity contribution >= 4 is 17.4 Å². The van der Waals surface area contributed by atoms with Crippen LogP contribution in [0.4, 0.5) is 0 Å². The Hall–Kier alpha value is 0.492. The number of hydrogen-bond acceptors (Lipinski definition) is 1. The molecule has 25 valence electrons. The van der Waals surface area contributed by atoms with E-state index in [9.17, 15) is 0 Å². The molecule has 0 aromatic rings. The molecule has 0 fully saturated rings. The van der Waals surface area contributed by atoms with Crippen molar-refractivity contribution < 1.29 is 4.74 Å². The van der Waals surface area contributed by atoms with Crippen molar-refractivity contribution in [3.63, 3.8) is 0 Å². The van der Waals surface area contributed by atoms with Crippen molar-refractivity contribution in [3.8, 4) is 0 Å². The molecule has 0 rings (SSSR count). The van der Waals surface area contributed by atoms with Crippen LogP contribution in [-0.4, -0.2) is 24.5 Å². The highest BCUT2D eigenvalue weighted by Crippen LogP contribution is 1.36. The van der Waals surface area contributed by atoms with E-state index >= 15 is 0 Å². The number of hydrogen-bond donors (Lipinski definition) is 0. The summed E-state index contributed by atoms with van der Waals surface area (Å²) in [6, 6.07) is 0. The summed E-state index contributed by atoms with van der Waals surface area (Å²) in [5.41, 5.74) is 0. The Morgan fingerprint density at radius 2 is 1.75 bits per heavy atom. The van der Waals surface area contributed by atoms with Gasteiger partial charge in [0.15, 0.2) is 17.4 Å². The average molecular weight is 75.1 g/mol. The van der Waals surface area contributed by atoms with Crippen LogP contribution in [0.3, 0.4) is 0 Å². The molecular weight excluding hydrogens is 67.0 g/mol. The fraction of sp³-hybridized carbons (Fsp3) is 0.500. The molecule has 0 aromatic heterocycles. The smallest absolute Gasteiger partial charge is 0.187 e. The summed E-state index contributed by atoms with van der Waals surface area (Å²) in [7, 11) is 4.50. The minimum Gasteiger partial charge on any atom is -0.382 e. The van der Waals surface area contributed by atoms with Crippen LogP contribution in [0.25, 0.3) is 0 Å². The molecule has 1 radical (unpaired) electrons. The normalized spacial score (nSPS) is 4.50. The Balaban J connectivity index is 0. The van der Waals surface area contributed by atoms with Crippen molar-refractivity contribution in [3.05, 3.63) is 7.11 Å². The minimum absolute atomic E-state index is 0. The van der Waals surface area contributed by atoms with Crippen molar-refractivity contribution in [1.29, 1.82) is 0 Å². The van der Waals surface area contributed by atoms with Crippen LogP contribution in [0.2, 0.25) is 0 Å². The largest absolute Gasteiger partial charge is 0.382 e. The van der Waals surface area contributed by atoms with Crippen molar-refractivity contribution in [2.45, 2.75) is 0 Å². The molecule has 0 amide bonds. The molecule has 0 aromatic carbocycles. The fourth-order valence-electron chi connectivity index (χ4n) is 0. The van der Waals surface area contributed by atoms with Gasteiger partial charge in [-0.1, -0.05) is 0 Å². The molecule has 0 saturated heterocycles. The van der Waals surface area contributed by atoms with E-state index in [1.54, 1.807) is 0 Å². The second-order valence-electron chi connectivity index (χ2n) is 0.289. The SMILES string of the molecule is [AlH3].[CH2]OC. The third-order valence-corrected chi connectivity index (χ3v) is 0. The molecule has 0 unspecified atom stereocenters. The van der Waals surface area contributed by atoms with Crippen LogP contribution in [0.5, 0.6) is 0 Å². The van der Waals surface area contributed by atoms with Gasteiger partial charge < -0.3 is 4.74 Å². The highest BCUT2D eigenvalue weighted by Gasteiger charge is 1.27. The second-order valence-corrected chi connectivity index (χ2v) is 0.289. The molecule has 0 atom stereocenters. The molecule has 0 bridgehead atoms. The van der Waals surface area contributed by atoms with Crippen molar-refractivity contribution in [2.75, 3.05) is 7.11 Å². The van der Waals surface area contributed by atoms with Gasteiger partial charge in [0.1, 0.15) is 0 Å². The first kappa shape index (κ1) is 8.82. The van der Waals surface area contributed by atoms with E-state index in [2.05, 4.69) is 11.8 Å². The summed E-state index contributed by atoms with van der Waals surface area (Å²) in [6.07, 6.45) is 0. The molecule has 1 nitrogen and oxygen atoms in total. The third kappa shape index (κ3) is 22.9. The lowest BCUT2D eigenvalue weighted by atomic mass is 11.6. The highest BCUT2D eigenvalue weighted by atomic mass is 27.0. The van der Waals surface area contributed by atoms with Crippen LogP contribution in [0, 0.1) is 7.11 Å². The van der Waals surface area contributed by atoms with Crippen LogP contribution in [-0.2, 0) is 4.74 Å². The Morgan fingerprint density at radius 1 is 1.75 bits per heavy atom. The maximum absolute atomic E-state index is 4.00. The maximum Gasteiger partial charge on any atom is 0.187 e. The summed E-state index contributed by atoms with van der Waals surface area (Å²) in [5.74, 6) is 0. The molecule has 0 aliphatic carbocycles. The molecule has 0 saturated carbocycles. The van der Waals surface area contributed by atoms with Gasteiger partial charge in [-0.3, -0.25) is 0 Å². The van der Waals surface area contributed by atoms with Gasteiger partial charge in [-0.2, -0.15) is 0 Å². The Morgan fingerprint density at radius 3 is 1.75 bits per heavy atom. The van der Waals surface area contributed by atoms with Crippen molar-refractivity contribution in [1.82, 2.24) is 0 Å². The van der Waals surface area contributed by atoms with E-state index in [-0.39, 0.29) is 17.4 Å². The lowest BCUT2D eigenvalue weighted by Gasteiger charge is -1.60. The van der Waals surface area contributed by atoms with E-state index in [1.807, 2.05) is 0 Å². The van der Waals surface area contributed by atoms with Crippen molar-refractivity contribution in [2.24, 2.45) is 0 Å². The summed E-state index contributed by atoms with van der Waals surface area (Å²) in [6.45, 7) is 0. The lowest BCUT2D eigenvalue weighted by molar-refractivity contribution is 0.329. The Labute approximate surface area is 37.1 Å². The van der Waals surface area contributed by atoms with Gasteiger partial charge in [0.25, 0.3) is 0 Å². The first-order valence-electron chi connectivity index (χ1n) is 0.697. The fourth-order valence-corrected chi connectivity index (χ4v) is 0. The van der Waals surface area contributed by atoms with Gasteiger partial charge >= 0.3 is 0 Å². The van der Waals surface area contributed by atoms with Gasteiger partial charge in [0.05, 0.1) is 7.11 Å². The standard InChI is InChI=1S/C2H5O.Al.3H/c1-3-2;;;;/h1H2,2H3;;;;. The molecule has 0 heterocycles. The van der Waals surface area contributed by atoms with Gasteiger partial charge in [0, 0.05) is 7.11 Å². The number of rotatable bonds is 0. The zero-order chi connectivity index (χ0) is 2.71. The number of methoxy groups -OCH3 is 1. The van der Waals surface area contributed by atoms with Crippen LogP contribution >= 0.6 is 0 Å². The van der Waals surface area contributed by atoms with Gasteiger partial charge in [-0.25, -0.2) is 0 Å². The van der Waals surface area contributed by atoms with Crippen LogP contribution < -0.4 is 0 Å². The average Bonchev–Trinajstić information content (AvgIpc) is 0.918. The molecular formula is C2H8AlO. The quantitative estimate of drug-likeness (QED) is 0.344. The van der Waals surface area contributed by atoms with Gasteiger partial charge in [-0.15, -0.1) is 0 Å². The highest BCUT2D eigenvalue weighted by molar-refractivity contribution is 5.75. The van der Waals surface area contributed by atoms with E-state index in [1.165, 1.54) is 7.11 Å². The monoisotopic (exact) mass is 75.0 g/mol. The molecule has 2 heteroatoms. The Kier molecular flexibility index (Phi) is 21.5. The lowest BCUT2D eigenvalue weighted by Crippen LogP contribution is -1.49. The minimum atomic E-state index is 0.